The number of nitrogens with one attached hydrogen (secondary N) is 1. The summed E-state index contributed by atoms with van der Waals surface area (Å²) in [6.45, 7) is 9.18. The molecule has 0 heterocycles. The molecule has 1 saturated carbocycles. The van der Waals surface area contributed by atoms with E-state index in [1.54, 1.807) is 0 Å². The smallest absolute Gasteiger partial charge is 0.00179 e. The van der Waals surface area contributed by atoms with E-state index >= 15 is 0 Å². The third kappa shape index (κ3) is 4.34. The number of aryl methyl sites for hydroxylation is 1. The maximum absolute atomic E-state index is 3.57. The van der Waals surface area contributed by atoms with E-state index in [0.717, 1.165) is 30.7 Å². The standard InChI is InChI=1S/C19H31N/c1-4-16-7-9-17(10-8-16)13-19-12-15(3)6-11-18(19)14-20-5-2/h7-10,15,18-20H,4-6,11-14H2,1-3H3. The van der Waals surface area contributed by atoms with Crippen molar-refractivity contribution >= 4 is 0 Å². The van der Waals surface area contributed by atoms with Crippen LogP contribution in [0.4, 0.5) is 0 Å². The molecule has 3 atom stereocenters. The molecule has 20 heavy (non-hydrogen) atoms. The Morgan fingerprint density at radius 1 is 1.00 bits per heavy atom. The van der Waals surface area contributed by atoms with E-state index in [0.29, 0.717) is 0 Å². The molecular formula is C19H31N. The fraction of sp³-hybridized carbons (Fsp3) is 0.684. The third-order valence-corrected chi connectivity index (χ3v) is 4.99. The monoisotopic (exact) mass is 273 g/mol. The van der Waals surface area contributed by atoms with Gasteiger partial charge in [0, 0.05) is 0 Å². The molecule has 1 nitrogen and oxygen atoms in total. The van der Waals surface area contributed by atoms with Crippen LogP contribution in [0, 0.1) is 17.8 Å². The molecule has 2 rings (SSSR count). The van der Waals surface area contributed by atoms with E-state index < -0.39 is 0 Å². The lowest BCUT2D eigenvalue weighted by molar-refractivity contribution is 0.184. The van der Waals surface area contributed by atoms with Crippen molar-refractivity contribution in [2.45, 2.75) is 52.9 Å². The minimum atomic E-state index is 0.866. The van der Waals surface area contributed by atoms with E-state index in [9.17, 15) is 0 Å². The Hall–Kier alpha value is -0.820. The van der Waals surface area contributed by atoms with Crippen molar-refractivity contribution in [3.05, 3.63) is 35.4 Å². The average Bonchev–Trinajstić information content (AvgIpc) is 2.47. The first kappa shape index (κ1) is 15.6. The number of rotatable bonds is 6. The largest absolute Gasteiger partial charge is 0.317 e. The summed E-state index contributed by atoms with van der Waals surface area (Å²) in [6, 6.07) is 9.31. The zero-order valence-electron chi connectivity index (χ0n) is 13.5. The molecule has 1 aromatic rings. The first-order valence-corrected chi connectivity index (χ1v) is 8.51. The van der Waals surface area contributed by atoms with Crippen LogP contribution in [0.5, 0.6) is 0 Å². The fourth-order valence-electron chi connectivity index (χ4n) is 3.62. The van der Waals surface area contributed by atoms with Crippen molar-refractivity contribution < 1.29 is 0 Å². The van der Waals surface area contributed by atoms with Crippen LogP contribution in [0.3, 0.4) is 0 Å². The molecule has 0 amide bonds. The minimum Gasteiger partial charge on any atom is -0.317 e. The van der Waals surface area contributed by atoms with Crippen LogP contribution in [-0.4, -0.2) is 13.1 Å². The summed E-state index contributed by atoms with van der Waals surface area (Å²) < 4.78 is 0. The Balaban J connectivity index is 1.98. The Morgan fingerprint density at radius 3 is 2.35 bits per heavy atom. The number of benzene rings is 1. The van der Waals surface area contributed by atoms with Crippen molar-refractivity contribution in [1.82, 2.24) is 5.32 Å². The normalized spacial score (nSPS) is 26.6. The van der Waals surface area contributed by atoms with Crippen LogP contribution in [0.1, 0.15) is 51.2 Å². The van der Waals surface area contributed by atoms with Crippen LogP contribution >= 0.6 is 0 Å². The molecule has 0 bridgehead atoms. The maximum atomic E-state index is 3.57. The first-order chi connectivity index (χ1) is 9.72. The van der Waals surface area contributed by atoms with Crippen LogP contribution in [0.2, 0.25) is 0 Å². The van der Waals surface area contributed by atoms with Crippen LogP contribution in [0.15, 0.2) is 24.3 Å². The van der Waals surface area contributed by atoms with Crippen molar-refractivity contribution in [2.75, 3.05) is 13.1 Å². The molecule has 0 spiro atoms. The highest BCUT2D eigenvalue weighted by Crippen LogP contribution is 2.35. The molecule has 0 aliphatic heterocycles. The van der Waals surface area contributed by atoms with Crippen molar-refractivity contribution in [3.8, 4) is 0 Å². The zero-order valence-corrected chi connectivity index (χ0v) is 13.5. The van der Waals surface area contributed by atoms with E-state index in [4.69, 9.17) is 0 Å². The van der Waals surface area contributed by atoms with E-state index in [2.05, 4.69) is 50.4 Å². The summed E-state index contributed by atoms with van der Waals surface area (Å²) in [6.07, 6.45) is 6.65. The maximum Gasteiger partial charge on any atom is -0.00179 e. The summed E-state index contributed by atoms with van der Waals surface area (Å²) in [5, 5.41) is 3.57. The fourth-order valence-corrected chi connectivity index (χ4v) is 3.62. The molecule has 1 N–H and O–H groups in total. The number of hydrogen-bond donors (Lipinski definition) is 1. The van der Waals surface area contributed by atoms with Gasteiger partial charge in [0.2, 0.25) is 0 Å². The summed E-state index contributed by atoms with van der Waals surface area (Å²) in [5.41, 5.74) is 2.98. The molecule has 0 aromatic heterocycles. The van der Waals surface area contributed by atoms with Gasteiger partial charge in [-0.3, -0.25) is 0 Å². The second kappa shape index (κ2) is 7.83. The van der Waals surface area contributed by atoms with Gasteiger partial charge in [0.1, 0.15) is 0 Å². The van der Waals surface area contributed by atoms with E-state index in [1.807, 2.05) is 0 Å². The summed E-state index contributed by atoms with van der Waals surface area (Å²) in [4.78, 5) is 0. The molecule has 1 fully saturated rings. The molecule has 1 heteroatoms. The van der Waals surface area contributed by atoms with Crippen molar-refractivity contribution in [3.63, 3.8) is 0 Å². The first-order valence-electron chi connectivity index (χ1n) is 8.51. The van der Waals surface area contributed by atoms with Gasteiger partial charge in [-0.25, -0.2) is 0 Å². The summed E-state index contributed by atoms with van der Waals surface area (Å²) >= 11 is 0. The molecular weight excluding hydrogens is 242 g/mol. The highest BCUT2D eigenvalue weighted by atomic mass is 14.8. The third-order valence-electron chi connectivity index (χ3n) is 4.99. The van der Waals surface area contributed by atoms with Gasteiger partial charge >= 0.3 is 0 Å². The molecule has 3 unspecified atom stereocenters. The topological polar surface area (TPSA) is 12.0 Å². The second-order valence-corrected chi connectivity index (χ2v) is 6.62. The van der Waals surface area contributed by atoms with Crippen molar-refractivity contribution in [2.24, 2.45) is 17.8 Å². The van der Waals surface area contributed by atoms with Gasteiger partial charge in [0.25, 0.3) is 0 Å². The Kier molecular flexibility index (Phi) is 6.09. The highest BCUT2D eigenvalue weighted by Gasteiger charge is 2.28. The SMILES string of the molecule is CCNCC1CCC(C)CC1Cc1ccc(CC)cc1. The Labute approximate surface area is 125 Å². The van der Waals surface area contributed by atoms with E-state index in [1.165, 1.54) is 43.4 Å². The lowest BCUT2D eigenvalue weighted by Gasteiger charge is -2.35. The van der Waals surface area contributed by atoms with Crippen LogP contribution in [0.25, 0.3) is 0 Å². The number of hydrogen-bond acceptors (Lipinski definition) is 1. The zero-order chi connectivity index (χ0) is 14.4. The summed E-state index contributed by atoms with van der Waals surface area (Å²) in [5.74, 6) is 2.65. The quantitative estimate of drug-likeness (QED) is 0.807. The molecule has 1 aromatic carbocycles. The summed E-state index contributed by atoms with van der Waals surface area (Å²) in [7, 11) is 0. The van der Waals surface area contributed by atoms with Gasteiger partial charge in [-0.05, 0) is 67.7 Å². The van der Waals surface area contributed by atoms with Crippen LogP contribution in [-0.2, 0) is 12.8 Å². The van der Waals surface area contributed by atoms with E-state index in [-0.39, 0.29) is 0 Å². The van der Waals surface area contributed by atoms with Gasteiger partial charge in [-0.1, -0.05) is 51.5 Å². The van der Waals surface area contributed by atoms with Gasteiger partial charge < -0.3 is 5.32 Å². The minimum absolute atomic E-state index is 0.866. The van der Waals surface area contributed by atoms with Gasteiger partial charge in [0.15, 0.2) is 0 Å². The van der Waals surface area contributed by atoms with Gasteiger partial charge in [0.05, 0.1) is 0 Å². The lowest BCUT2D eigenvalue weighted by atomic mass is 9.72. The molecule has 1 aliphatic rings. The molecule has 0 radical (unpaired) electrons. The Morgan fingerprint density at radius 2 is 1.70 bits per heavy atom. The predicted molar refractivity (Wildman–Crippen MR) is 88.1 cm³/mol. The predicted octanol–water partition coefficient (Wildman–Crippen LogP) is 4.45. The second-order valence-electron chi connectivity index (χ2n) is 6.62. The van der Waals surface area contributed by atoms with Gasteiger partial charge in [-0.15, -0.1) is 0 Å². The average molecular weight is 273 g/mol. The lowest BCUT2D eigenvalue weighted by Crippen LogP contribution is -2.33. The molecule has 112 valence electrons. The van der Waals surface area contributed by atoms with Gasteiger partial charge in [-0.2, -0.15) is 0 Å². The molecule has 0 saturated heterocycles. The Bertz CT molecular complexity index is 379. The molecule has 1 aliphatic carbocycles. The van der Waals surface area contributed by atoms with Crippen molar-refractivity contribution in [1.29, 1.82) is 0 Å². The van der Waals surface area contributed by atoms with Crippen LogP contribution < -0.4 is 5.32 Å². The highest BCUT2D eigenvalue weighted by molar-refractivity contribution is 5.23.